The summed E-state index contributed by atoms with van der Waals surface area (Å²) < 4.78 is 18.9. The van der Waals surface area contributed by atoms with E-state index >= 15 is 0 Å². The van der Waals surface area contributed by atoms with Gasteiger partial charge in [-0.1, -0.05) is 70.9 Å². The van der Waals surface area contributed by atoms with Crippen molar-refractivity contribution in [3.8, 4) is 11.5 Å². The Morgan fingerprint density at radius 1 is 1.07 bits per heavy atom. The van der Waals surface area contributed by atoms with Gasteiger partial charge in [0, 0.05) is 15.6 Å². The Hall–Kier alpha value is -3.85. The molecule has 3 aromatic carbocycles. The molecule has 0 bridgehead atoms. The number of rotatable bonds is 8. The van der Waals surface area contributed by atoms with Gasteiger partial charge in [0.25, 0.3) is 5.56 Å². The van der Waals surface area contributed by atoms with Crippen LogP contribution in [0.25, 0.3) is 6.08 Å². The first kappa shape index (κ1) is 28.7. The number of thiazole rings is 1. The Balaban J connectivity index is 1.54. The van der Waals surface area contributed by atoms with Gasteiger partial charge in [0.2, 0.25) is 0 Å². The highest BCUT2D eigenvalue weighted by Crippen LogP contribution is 2.32. The summed E-state index contributed by atoms with van der Waals surface area (Å²) in [6.07, 6.45) is 1.77. The van der Waals surface area contributed by atoms with Gasteiger partial charge in [0.15, 0.2) is 16.3 Å². The number of nitrogens with zero attached hydrogens (tertiary/aromatic N) is 2. The molecule has 1 unspecified atom stereocenters. The van der Waals surface area contributed by atoms with Gasteiger partial charge in [-0.05, 0) is 61.4 Å². The molecule has 1 atom stereocenters. The van der Waals surface area contributed by atoms with Gasteiger partial charge in [0.05, 0.1) is 35.6 Å². The fourth-order valence-electron chi connectivity index (χ4n) is 4.57. The lowest BCUT2D eigenvalue weighted by Gasteiger charge is -2.24. The third-order valence-corrected chi connectivity index (χ3v) is 8.13. The highest BCUT2D eigenvalue weighted by Gasteiger charge is 2.33. The van der Waals surface area contributed by atoms with Crippen molar-refractivity contribution in [2.24, 2.45) is 4.99 Å². The summed E-state index contributed by atoms with van der Waals surface area (Å²) in [6.45, 7) is 3.97. The molecule has 0 saturated heterocycles. The minimum absolute atomic E-state index is 0.202. The quantitative estimate of drug-likeness (QED) is 0.240. The first-order valence-electron chi connectivity index (χ1n) is 12.8. The summed E-state index contributed by atoms with van der Waals surface area (Å²) in [7, 11) is 1.56. The Bertz CT molecular complexity index is 1830. The second kappa shape index (κ2) is 12.3. The number of halogens is 2. The maximum Gasteiger partial charge on any atom is 0.338 e. The van der Waals surface area contributed by atoms with Crippen molar-refractivity contribution in [1.82, 2.24) is 4.57 Å². The predicted molar refractivity (Wildman–Crippen MR) is 161 cm³/mol. The van der Waals surface area contributed by atoms with Gasteiger partial charge in [-0.15, -0.1) is 0 Å². The van der Waals surface area contributed by atoms with Gasteiger partial charge in [-0.3, -0.25) is 9.36 Å². The number of methoxy groups -OCH3 is 1. The van der Waals surface area contributed by atoms with E-state index in [0.29, 0.717) is 42.1 Å². The number of aromatic nitrogens is 1. The second-order valence-electron chi connectivity index (χ2n) is 9.14. The van der Waals surface area contributed by atoms with Gasteiger partial charge in [-0.25, -0.2) is 9.79 Å². The van der Waals surface area contributed by atoms with Gasteiger partial charge < -0.3 is 14.2 Å². The molecule has 7 nitrogen and oxygen atoms in total. The lowest BCUT2D eigenvalue weighted by Crippen LogP contribution is -2.39. The molecule has 0 aliphatic carbocycles. The van der Waals surface area contributed by atoms with Crippen molar-refractivity contribution in [2.75, 3.05) is 13.7 Å². The third kappa shape index (κ3) is 5.95. The summed E-state index contributed by atoms with van der Waals surface area (Å²) in [6, 6.07) is 19.2. The van der Waals surface area contributed by atoms with Crippen LogP contribution < -0.4 is 24.4 Å². The van der Waals surface area contributed by atoms with Crippen LogP contribution in [-0.4, -0.2) is 24.3 Å². The normalized spacial score (nSPS) is 14.9. The van der Waals surface area contributed by atoms with E-state index in [9.17, 15) is 9.59 Å². The largest absolute Gasteiger partial charge is 0.493 e. The molecule has 1 aliphatic heterocycles. The van der Waals surface area contributed by atoms with Crippen LogP contribution in [0, 0.1) is 0 Å². The molecule has 1 aliphatic rings. The molecule has 10 heteroatoms. The molecule has 2 heterocycles. The fraction of sp³-hybridized carbons (Fsp3) is 0.194. The van der Waals surface area contributed by atoms with Crippen LogP contribution in [0.1, 0.15) is 36.6 Å². The van der Waals surface area contributed by atoms with Crippen molar-refractivity contribution < 1.29 is 19.0 Å². The van der Waals surface area contributed by atoms with Crippen molar-refractivity contribution in [1.29, 1.82) is 0 Å². The molecule has 0 N–H and O–H groups in total. The highest BCUT2D eigenvalue weighted by molar-refractivity contribution is 7.07. The Kier molecular flexibility index (Phi) is 8.63. The van der Waals surface area contributed by atoms with Crippen LogP contribution in [0.15, 0.2) is 87.8 Å². The minimum atomic E-state index is -0.708. The Morgan fingerprint density at radius 3 is 2.54 bits per heavy atom. The van der Waals surface area contributed by atoms with Crippen molar-refractivity contribution in [3.05, 3.63) is 124 Å². The van der Waals surface area contributed by atoms with Gasteiger partial charge in [0.1, 0.15) is 6.61 Å². The van der Waals surface area contributed by atoms with E-state index < -0.39 is 12.0 Å². The number of carbonyl (C=O) groups is 1. The SMILES string of the molecule is CCOC(=O)C1=C(C)N=c2s/c(=C\c3ccc(OCc4ccccc4Cl)c(OC)c3)c(=O)n2C1c1ccc(Cl)cc1. The van der Waals surface area contributed by atoms with Crippen LogP contribution in [0.3, 0.4) is 0 Å². The van der Waals surface area contributed by atoms with Crippen LogP contribution in [0.4, 0.5) is 0 Å². The van der Waals surface area contributed by atoms with Crippen molar-refractivity contribution >= 4 is 46.6 Å². The number of carbonyl (C=O) groups excluding carboxylic acids is 1. The molecular weight excluding hydrogens is 583 g/mol. The smallest absolute Gasteiger partial charge is 0.338 e. The third-order valence-electron chi connectivity index (χ3n) is 6.53. The topological polar surface area (TPSA) is 79.1 Å². The summed E-state index contributed by atoms with van der Waals surface area (Å²) in [5.41, 5.74) is 2.85. The van der Waals surface area contributed by atoms with Crippen LogP contribution in [0.2, 0.25) is 10.0 Å². The molecule has 41 heavy (non-hydrogen) atoms. The molecule has 210 valence electrons. The molecule has 5 rings (SSSR count). The number of ether oxygens (including phenoxy) is 3. The van der Waals surface area contributed by atoms with Crippen molar-refractivity contribution in [3.63, 3.8) is 0 Å². The number of hydrogen-bond donors (Lipinski definition) is 0. The lowest BCUT2D eigenvalue weighted by atomic mass is 9.96. The molecule has 4 aromatic rings. The summed E-state index contributed by atoms with van der Waals surface area (Å²) >= 11 is 13.6. The standard InChI is InChI=1S/C31H26Cl2N2O5S/c1-4-39-30(37)27-18(2)34-31-35(28(27)20-10-12-22(32)13-11-20)29(36)26(41-31)16-19-9-14-24(25(15-19)38-3)40-17-21-7-5-6-8-23(21)33/h5-16,28H,4,17H2,1-3H3/b26-16-. The average molecular weight is 610 g/mol. The number of esters is 1. The molecule has 0 saturated carbocycles. The zero-order valence-electron chi connectivity index (χ0n) is 22.5. The summed E-state index contributed by atoms with van der Waals surface area (Å²) in [4.78, 5) is 31.9. The van der Waals surface area contributed by atoms with E-state index in [4.69, 9.17) is 37.4 Å². The van der Waals surface area contributed by atoms with Crippen LogP contribution >= 0.6 is 34.5 Å². The number of allylic oxidation sites excluding steroid dienone is 1. The van der Waals surface area contributed by atoms with Crippen molar-refractivity contribution in [2.45, 2.75) is 26.5 Å². The first-order chi connectivity index (χ1) is 19.8. The van der Waals surface area contributed by atoms with E-state index in [-0.39, 0.29) is 18.8 Å². The zero-order valence-corrected chi connectivity index (χ0v) is 24.8. The maximum atomic E-state index is 13.8. The Labute approximate surface area is 250 Å². The molecule has 0 amide bonds. The summed E-state index contributed by atoms with van der Waals surface area (Å²) in [5, 5.41) is 1.17. The minimum Gasteiger partial charge on any atom is -0.493 e. The Morgan fingerprint density at radius 2 is 1.83 bits per heavy atom. The first-order valence-corrected chi connectivity index (χ1v) is 14.4. The molecule has 0 spiro atoms. The molecule has 0 radical (unpaired) electrons. The molecule has 1 aromatic heterocycles. The number of hydrogen-bond acceptors (Lipinski definition) is 7. The highest BCUT2D eigenvalue weighted by atomic mass is 35.5. The van der Waals surface area contributed by atoms with E-state index in [0.717, 1.165) is 16.7 Å². The summed E-state index contributed by atoms with van der Waals surface area (Å²) in [5.74, 6) is 0.543. The fourth-order valence-corrected chi connectivity index (χ4v) is 5.93. The van der Waals surface area contributed by atoms with E-state index in [2.05, 4.69) is 4.99 Å². The van der Waals surface area contributed by atoms with Crippen LogP contribution in [0.5, 0.6) is 11.5 Å². The average Bonchev–Trinajstić information content (AvgIpc) is 3.26. The van der Waals surface area contributed by atoms with Gasteiger partial charge in [-0.2, -0.15) is 0 Å². The monoisotopic (exact) mass is 608 g/mol. The predicted octanol–water partition coefficient (Wildman–Crippen LogP) is 5.69. The second-order valence-corrected chi connectivity index (χ2v) is 11.0. The molecule has 0 fully saturated rings. The van der Waals surface area contributed by atoms with Gasteiger partial charge >= 0.3 is 5.97 Å². The van der Waals surface area contributed by atoms with E-state index in [1.807, 2.05) is 30.3 Å². The van der Waals surface area contributed by atoms with E-state index in [1.54, 1.807) is 63.4 Å². The van der Waals surface area contributed by atoms with Crippen LogP contribution in [-0.2, 0) is 16.1 Å². The molecular formula is C31H26Cl2N2O5S. The van der Waals surface area contributed by atoms with E-state index in [1.165, 1.54) is 15.9 Å². The zero-order chi connectivity index (χ0) is 29.1. The maximum absolute atomic E-state index is 13.8. The number of fused-ring (bicyclic) bond motifs is 1. The number of benzene rings is 3. The lowest BCUT2D eigenvalue weighted by molar-refractivity contribution is -0.139.